The molecular formula is C17H29NO. The van der Waals surface area contributed by atoms with E-state index in [1.807, 2.05) is 6.07 Å². The van der Waals surface area contributed by atoms with E-state index in [-0.39, 0.29) is 0 Å². The minimum atomic E-state index is 0.330. The molecule has 0 fully saturated rings. The Morgan fingerprint density at radius 3 is 2.63 bits per heavy atom. The molecule has 0 saturated heterocycles. The number of hydrogen-bond acceptors (Lipinski definition) is 2. The average Bonchev–Trinajstić information content (AvgIpc) is 2.39. The molecule has 108 valence electrons. The van der Waals surface area contributed by atoms with Crippen molar-refractivity contribution < 1.29 is 4.74 Å². The first-order valence-electron chi connectivity index (χ1n) is 7.47. The molecule has 0 aliphatic carbocycles. The van der Waals surface area contributed by atoms with Crippen molar-refractivity contribution in [2.24, 2.45) is 5.41 Å². The molecule has 2 nitrogen and oxygen atoms in total. The fourth-order valence-electron chi connectivity index (χ4n) is 2.68. The number of benzene rings is 1. The van der Waals surface area contributed by atoms with Gasteiger partial charge in [0.05, 0.1) is 7.11 Å². The van der Waals surface area contributed by atoms with E-state index in [0.29, 0.717) is 5.41 Å². The molecule has 1 aromatic rings. The Balaban J connectivity index is 2.69. The van der Waals surface area contributed by atoms with Gasteiger partial charge in [-0.2, -0.15) is 0 Å². The summed E-state index contributed by atoms with van der Waals surface area (Å²) >= 11 is 0. The predicted octanol–water partition coefficient (Wildman–Crippen LogP) is 4.04. The molecule has 0 spiro atoms. The minimum absolute atomic E-state index is 0.330. The van der Waals surface area contributed by atoms with Crippen molar-refractivity contribution in [1.29, 1.82) is 0 Å². The van der Waals surface area contributed by atoms with Gasteiger partial charge in [0.2, 0.25) is 0 Å². The summed E-state index contributed by atoms with van der Waals surface area (Å²) < 4.78 is 5.31. The predicted molar refractivity (Wildman–Crippen MR) is 82.9 cm³/mol. The third kappa shape index (κ3) is 5.65. The van der Waals surface area contributed by atoms with E-state index in [4.69, 9.17) is 4.74 Å². The molecule has 0 heterocycles. The minimum Gasteiger partial charge on any atom is -0.497 e. The molecule has 1 unspecified atom stereocenters. The van der Waals surface area contributed by atoms with Gasteiger partial charge in [-0.05, 0) is 48.9 Å². The van der Waals surface area contributed by atoms with Gasteiger partial charge in [-0.25, -0.2) is 0 Å². The quantitative estimate of drug-likeness (QED) is 0.679. The Bertz CT molecular complexity index is 364. The Morgan fingerprint density at radius 2 is 2.00 bits per heavy atom. The Kier molecular flexibility index (Phi) is 6.93. The zero-order valence-electron chi connectivity index (χ0n) is 13.0. The van der Waals surface area contributed by atoms with Gasteiger partial charge in [-0.1, -0.05) is 39.3 Å². The fraction of sp³-hybridized carbons (Fsp3) is 0.647. The summed E-state index contributed by atoms with van der Waals surface area (Å²) in [4.78, 5) is 0. The van der Waals surface area contributed by atoms with Crippen molar-refractivity contribution in [2.45, 2.75) is 46.5 Å². The number of nitrogens with one attached hydrogen (secondary N) is 1. The van der Waals surface area contributed by atoms with Crippen LogP contribution in [0, 0.1) is 5.41 Å². The highest BCUT2D eigenvalue weighted by Gasteiger charge is 2.23. The van der Waals surface area contributed by atoms with E-state index in [2.05, 4.69) is 44.3 Å². The lowest BCUT2D eigenvalue weighted by molar-refractivity contribution is 0.275. The molecule has 0 aliphatic rings. The topological polar surface area (TPSA) is 21.3 Å². The molecule has 0 aliphatic heterocycles. The first-order valence-corrected chi connectivity index (χ1v) is 7.47. The van der Waals surface area contributed by atoms with Gasteiger partial charge in [-0.3, -0.25) is 0 Å². The van der Waals surface area contributed by atoms with Crippen molar-refractivity contribution in [3.05, 3.63) is 29.8 Å². The first kappa shape index (κ1) is 16.0. The smallest absolute Gasteiger partial charge is 0.119 e. The van der Waals surface area contributed by atoms with Gasteiger partial charge in [0.25, 0.3) is 0 Å². The molecule has 1 N–H and O–H groups in total. The zero-order valence-corrected chi connectivity index (χ0v) is 13.0. The van der Waals surface area contributed by atoms with Crippen LogP contribution >= 0.6 is 0 Å². The Labute approximate surface area is 118 Å². The number of rotatable bonds is 9. The number of ether oxygens (including phenoxy) is 1. The van der Waals surface area contributed by atoms with Crippen LogP contribution in [0.4, 0.5) is 0 Å². The van der Waals surface area contributed by atoms with E-state index < -0.39 is 0 Å². The molecular weight excluding hydrogens is 234 g/mol. The van der Waals surface area contributed by atoms with Gasteiger partial charge in [0, 0.05) is 6.54 Å². The third-order valence-electron chi connectivity index (χ3n) is 3.60. The second-order valence-electron chi connectivity index (χ2n) is 5.77. The number of methoxy groups -OCH3 is 1. The summed E-state index contributed by atoms with van der Waals surface area (Å²) in [5, 5.41) is 3.58. The molecule has 2 heteroatoms. The van der Waals surface area contributed by atoms with Gasteiger partial charge in [0.1, 0.15) is 5.75 Å². The Morgan fingerprint density at radius 1 is 1.21 bits per heavy atom. The van der Waals surface area contributed by atoms with Gasteiger partial charge in [-0.15, -0.1) is 0 Å². The average molecular weight is 263 g/mol. The van der Waals surface area contributed by atoms with Crippen LogP contribution in [0.1, 0.15) is 45.6 Å². The maximum Gasteiger partial charge on any atom is 0.119 e. The summed E-state index contributed by atoms with van der Waals surface area (Å²) in [7, 11) is 1.73. The highest BCUT2D eigenvalue weighted by Crippen LogP contribution is 2.28. The molecule has 1 rings (SSSR count). The summed E-state index contributed by atoms with van der Waals surface area (Å²) in [6, 6.07) is 8.46. The second-order valence-corrected chi connectivity index (χ2v) is 5.77. The van der Waals surface area contributed by atoms with Crippen LogP contribution in [0.3, 0.4) is 0 Å². The monoisotopic (exact) mass is 263 g/mol. The van der Waals surface area contributed by atoms with E-state index in [9.17, 15) is 0 Å². The second kappa shape index (κ2) is 8.21. The fourth-order valence-corrected chi connectivity index (χ4v) is 2.68. The molecule has 0 saturated carbocycles. The van der Waals surface area contributed by atoms with Crippen molar-refractivity contribution in [3.63, 3.8) is 0 Å². The molecule has 0 amide bonds. The van der Waals surface area contributed by atoms with Crippen LogP contribution in [0.15, 0.2) is 24.3 Å². The SMILES string of the molecule is CCCNCC(C)(CCC)Cc1cccc(OC)c1. The van der Waals surface area contributed by atoms with Crippen LogP contribution in [0.2, 0.25) is 0 Å². The van der Waals surface area contributed by atoms with E-state index in [0.717, 1.165) is 25.3 Å². The maximum absolute atomic E-state index is 5.31. The first-order chi connectivity index (χ1) is 9.13. The van der Waals surface area contributed by atoms with Crippen molar-refractivity contribution in [2.75, 3.05) is 20.2 Å². The molecule has 0 bridgehead atoms. The van der Waals surface area contributed by atoms with E-state index in [1.165, 1.54) is 24.8 Å². The lowest BCUT2D eigenvalue weighted by Gasteiger charge is -2.30. The van der Waals surface area contributed by atoms with Gasteiger partial charge >= 0.3 is 0 Å². The normalized spacial score (nSPS) is 14.1. The molecule has 1 aromatic carbocycles. The highest BCUT2D eigenvalue weighted by molar-refractivity contribution is 5.29. The van der Waals surface area contributed by atoms with Crippen molar-refractivity contribution >= 4 is 0 Å². The van der Waals surface area contributed by atoms with E-state index in [1.54, 1.807) is 7.11 Å². The van der Waals surface area contributed by atoms with Crippen molar-refractivity contribution in [1.82, 2.24) is 5.32 Å². The summed E-state index contributed by atoms with van der Waals surface area (Å²) in [5.41, 5.74) is 1.70. The lowest BCUT2D eigenvalue weighted by Crippen LogP contribution is -2.34. The molecule has 19 heavy (non-hydrogen) atoms. The maximum atomic E-state index is 5.31. The third-order valence-corrected chi connectivity index (χ3v) is 3.60. The summed E-state index contributed by atoms with van der Waals surface area (Å²) in [5.74, 6) is 0.956. The summed E-state index contributed by atoms with van der Waals surface area (Å²) in [6.07, 6.45) is 4.78. The van der Waals surface area contributed by atoms with Crippen LogP contribution in [-0.2, 0) is 6.42 Å². The Hall–Kier alpha value is -1.02. The van der Waals surface area contributed by atoms with Crippen molar-refractivity contribution in [3.8, 4) is 5.75 Å². The van der Waals surface area contributed by atoms with E-state index >= 15 is 0 Å². The van der Waals surface area contributed by atoms with Crippen LogP contribution < -0.4 is 10.1 Å². The summed E-state index contributed by atoms with van der Waals surface area (Å²) in [6.45, 7) is 9.07. The standard InChI is InChI=1S/C17H29NO/c1-5-10-17(3,14-18-11-6-2)13-15-8-7-9-16(12-15)19-4/h7-9,12,18H,5-6,10-11,13-14H2,1-4H3. The lowest BCUT2D eigenvalue weighted by atomic mass is 9.79. The largest absolute Gasteiger partial charge is 0.497 e. The molecule has 0 aromatic heterocycles. The van der Waals surface area contributed by atoms with Crippen LogP contribution in [-0.4, -0.2) is 20.2 Å². The van der Waals surface area contributed by atoms with Gasteiger partial charge in [0.15, 0.2) is 0 Å². The zero-order chi connectivity index (χ0) is 14.1. The van der Waals surface area contributed by atoms with Crippen LogP contribution in [0.25, 0.3) is 0 Å². The van der Waals surface area contributed by atoms with Crippen LogP contribution in [0.5, 0.6) is 5.75 Å². The molecule has 0 radical (unpaired) electrons. The number of hydrogen-bond donors (Lipinski definition) is 1. The molecule has 1 atom stereocenters. The van der Waals surface area contributed by atoms with Gasteiger partial charge < -0.3 is 10.1 Å². The highest BCUT2D eigenvalue weighted by atomic mass is 16.5.